The van der Waals surface area contributed by atoms with Crippen molar-refractivity contribution in [1.29, 1.82) is 10.5 Å². The molecule has 0 saturated heterocycles. The quantitative estimate of drug-likeness (QED) is 0.738. The van der Waals surface area contributed by atoms with E-state index < -0.39 is 11.0 Å². The van der Waals surface area contributed by atoms with E-state index in [1.807, 2.05) is 58.0 Å². The molecule has 1 aromatic carbocycles. The Kier molecular flexibility index (Phi) is 5.72. The number of hydroxylamine groups is 2. The highest BCUT2D eigenvalue weighted by molar-refractivity contribution is 5.23. The average Bonchev–Trinajstić information content (AvgIpc) is 2.47. The third-order valence-corrected chi connectivity index (χ3v) is 3.45. The van der Waals surface area contributed by atoms with Gasteiger partial charge in [0.1, 0.15) is 0 Å². The Balaban J connectivity index is 3.35. The molecule has 0 spiro atoms. The summed E-state index contributed by atoms with van der Waals surface area (Å²) in [7, 11) is 0. The summed E-state index contributed by atoms with van der Waals surface area (Å²) in [6, 6.07) is 14.1. The van der Waals surface area contributed by atoms with E-state index in [4.69, 9.17) is 4.84 Å². The number of rotatable bonds is 6. The molecule has 0 N–H and O–H groups in total. The van der Waals surface area contributed by atoms with E-state index in [0.29, 0.717) is 0 Å². The van der Waals surface area contributed by atoms with Crippen LogP contribution in [0.15, 0.2) is 30.3 Å². The summed E-state index contributed by atoms with van der Waals surface area (Å²) in [6.45, 7) is 11.2. The van der Waals surface area contributed by atoms with Crippen LogP contribution in [0.3, 0.4) is 0 Å². The first kappa shape index (κ1) is 18.2. The molecule has 4 nitrogen and oxygen atoms in total. The number of hydrogen-bond donors (Lipinski definition) is 0. The minimum absolute atomic E-state index is 0.0189. The summed E-state index contributed by atoms with van der Waals surface area (Å²) in [5, 5.41) is 20.7. The molecule has 0 amide bonds. The maximum Gasteiger partial charge on any atom is 0.170 e. The van der Waals surface area contributed by atoms with Crippen LogP contribution < -0.4 is 0 Å². The van der Waals surface area contributed by atoms with Gasteiger partial charge in [0.05, 0.1) is 23.6 Å². The van der Waals surface area contributed by atoms with Crippen LogP contribution in [-0.4, -0.2) is 16.7 Å². The lowest BCUT2D eigenvalue weighted by Crippen LogP contribution is -2.46. The molecule has 0 fully saturated rings. The van der Waals surface area contributed by atoms with Crippen molar-refractivity contribution < 1.29 is 4.84 Å². The summed E-state index contributed by atoms with van der Waals surface area (Å²) < 4.78 is 0. The van der Waals surface area contributed by atoms with E-state index in [1.54, 1.807) is 18.9 Å². The van der Waals surface area contributed by atoms with Crippen molar-refractivity contribution in [2.75, 3.05) is 0 Å². The van der Waals surface area contributed by atoms with Crippen molar-refractivity contribution in [3.05, 3.63) is 35.9 Å². The van der Waals surface area contributed by atoms with Gasteiger partial charge in [0, 0.05) is 6.04 Å². The van der Waals surface area contributed by atoms with Crippen molar-refractivity contribution in [1.82, 2.24) is 5.06 Å². The molecular weight excluding hydrogens is 274 g/mol. The second-order valence-corrected chi connectivity index (χ2v) is 6.81. The molecule has 1 rings (SSSR count). The second kappa shape index (κ2) is 6.92. The van der Waals surface area contributed by atoms with E-state index >= 15 is 0 Å². The molecule has 1 unspecified atom stereocenters. The zero-order valence-electron chi connectivity index (χ0n) is 14.3. The third-order valence-electron chi connectivity index (χ3n) is 3.45. The van der Waals surface area contributed by atoms with Gasteiger partial charge in [-0.2, -0.15) is 15.6 Å². The number of nitriles is 2. The fraction of sp³-hybridized carbons (Fsp3) is 0.556. The highest BCUT2D eigenvalue weighted by Crippen LogP contribution is 2.40. The number of hydrogen-bond acceptors (Lipinski definition) is 4. The van der Waals surface area contributed by atoms with Crippen LogP contribution in [0.4, 0.5) is 0 Å². The van der Waals surface area contributed by atoms with Gasteiger partial charge < -0.3 is 0 Å². The number of benzene rings is 1. The molecule has 0 aliphatic carbocycles. The molecule has 118 valence electrons. The SMILES string of the molecule is CC(C)N(OC(C)(C)C#N)C(c1ccccc1)C(C)(C)C#N. The average molecular weight is 299 g/mol. The minimum Gasteiger partial charge on any atom is -0.277 e. The summed E-state index contributed by atoms with van der Waals surface area (Å²) in [4.78, 5) is 5.97. The van der Waals surface area contributed by atoms with E-state index in [1.165, 1.54) is 0 Å². The Morgan fingerprint density at radius 2 is 1.55 bits per heavy atom. The smallest absolute Gasteiger partial charge is 0.170 e. The highest BCUT2D eigenvalue weighted by Gasteiger charge is 2.40. The van der Waals surface area contributed by atoms with Crippen LogP contribution in [-0.2, 0) is 4.84 Å². The topological polar surface area (TPSA) is 60.0 Å². The van der Waals surface area contributed by atoms with Gasteiger partial charge in [0.25, 0.3) is 0 Å². The van der Waals surface area contributed by atoms with Crippen LogP contribution in [0.25, 0.3) is 0 Å². The largest absolute Gasteiger partial charge is 0.277 e. The Bertz CT molecular complexity index is 564. The third kappa shape index (κ3) is 4.31. The Hall–Kier alpha value is -1.88. The lowest BCUT2D eigenvalue weighted by atomic mass is 9.81. The molecular formula is C18H25N3O. The van der Waals surface area contributed by atoms with Gasteiger partial charge in [-0.25, -0.2) is 0 Å². The molecule has 0 aliphatic heterocycles. The van der Waals surface area contributed by atoms with E-state index in [9.17, 15) is 10.5 Å². The van der Waals surface area contributed by atoms with Gasteiger partial charge in [-0.15, -0.1) is 0 Å². The lowest BCUT2D eigenvalue weighted by molar-refractivity contribution is -0.267. The molecule has 4 heteroatoms. The van der Waals surface area contributed by atoms with Crippen LogP contribution in [0.5, 0.6) is 0 Å². The zero-order valence-corrected chi connectivity index (χ0v) is 14.3. The van der Waals surface area contributed by atoms with Crippen LogP contribution >= 0.6 is 0 Å². The zero-order chi connectivity index (χ0) is 17.0. The van der Waals surface area contributed by atoms with Gasteiger partial charge in [0.15, 0.2) is 5.60 Å². The van der Waals surface area contributed by atoms with E-state index in [-0.39, 0.29) is 12.1 Å². The molecule has 1 atom stereocenters. The van der Waals surface area contributed by atoms with Crippen LogP contribution in [0.2, 0.25) is 0 Å². The standard InChI is InChI=1S/C18H25N3O/c1-14(2)21(22-18(5,6)13-20)16(17(3,4)12-19)15-10-8-7-9-11-15/h7-11,14,16H,1-6H3. The van der Waals surface area contributed by atoms with Gasteiger partial charge in [-0.3, -0.25) is 4.84 Å². The van der Waals surface area contributed by atoms with Crippen LogP contribution in [0.1, 0.15) is 53.1 Å². The summed E-state index contributed by atoms with van der Waals surface area (Å²) in [6.07, 6.45) is 0. The fourth-order valence-electron chi connectivity index (χ4n) is 2.32. The van der Waals surface area contributed by atoms with Crippen molar-refractivity contribution in [3.8, 4) is 12.1 Å². The van der Waals surface area contributed by atoms with Gasteiger partial charge in [-0.1, -0.05) is 30.3 Å². The maximum absolute atomic E-state index is 9.61. The lowest BCUT2D eigenvalue weighted by Gasteiger charge is -2.42. The van der Waals surface area contributed by atoms with Crippen LogP contribution in [0, 0.1) is 28.1 Å². The Labute approximate surface area is 133 Å². The second-order valence-electron chi connectivity index (χ2n) is 6.81. The molecule has 0 bridgehead atoms. The Morgan fingerprint density at radius 3 is 1.95 bits per heavy atom. The molecule has 1 aromatic rings. The van der Waals surface area contributed by atoms with Gasteiger partial charge in [0.2, 0.25) is 0 Å². The first-order chi connectivity index (χ1) is 10.1. The first-order valence-corrected chi connectivity index (χ1v) is 7.49. The fourth-order valence-corrected chi connectivity index (χ4v) is 2.32. The predicted octanol–water partition coefficient (Wildman–Crippen LogP) is 4.22. The first-order valence-electron chi connectivity index (χ1n) is 7.49. The Morgan fingerprint density at radius 1 is 1.00 bits per heavy atom. The van der Waals surface area contributed by atoms with E-state index in [2.05, 4.69) is 12.1 Å². The number of nitrogens with zero attached hydrogens (tertiary/aromatic N) is 3. The molecule has 0 aromatic heterocycles. The predicted molar refractivity (Wildman–Crippen MR) is 86.3 cm³/mol. The van der Waals surface area contributed by atoms with Gasteiger partial charge >= 0.3 is 0 Å². The van der Waals surface area contributed by atoms with Gasteiger partial charge in [-0.05, 0) is 47.1 Å². The normalized spacial score (nSPS) is 13.7. The molecule has 0 aliphatic rings. The summed E-state index contributed by atoms with van der Waals surface area (Å²) in [5.74, 6) is 0. The monoisotopic (exact) mass is 299 g/mol. The molecule has 0 saturated carbocycles. The minimum atomic E-state index is -0.956. The van der Waals surface area contributed by atoms with Crippen molar-refractivity contribution in [2.45, 2.75) is 59.2 Å². The molecule has 22 heavy (non-hydrogen) atoms. The van der Waals surface area contributed by atoms with Crippen molar-refractivity contribution >= 4 is 0 Å². The maximum atomic E-state index is 9.61. The molecule has 0 heterocycles. The van der Waals surface area contributed by atoms with Crippen molar-refractivity contribution in [2.24, 2.45) is 5.41 Å². The summed E-state index contributed by atoms with van der Waals surface area (Å²) >= 11 is 0. The van der Waals surface area contributed by atoms with E-state index in [0.717, 1.165) is 5.56 Å². The highest BCUT2D eigenvalue weighted by atomic mass is 16.7. The van der Waals surface area contributed by atoms with Crippen molar-refractivity contribution in [3.63, 3.8) is 0 Å². The summed E-state index contributed by atoms with van der Waals surface area (Å²) in [5.41, 5.74) is -0.628. The molecule has 0 radical (unpaired) electrons.